The van der Waals surface area contributed by atoms with Crippen molar-refractivity contribution >= 4 is 21.6 Å². The third-order valence-electron chi connectivity index (χ3n) is 4.34. The van der Waals surface area contributed by atoms with E-state index in [1.54, 1.807) is 0 Å². The number of hydrogen-bond donors (Lipinski definition) is 1. The van der Waals surface area contributed by atoms with E-state index >= 15 is 0 Å². The van der Waals surface area contributed by atoms with Crippen LogP contribution < -0.4 is 5.32 Å². The molecule has 2 rings (SSSR count). The summed E-state index contributed by atoms with van der Waals surface area (Å²) in [7, 11) is 0. The van der Waals surface area contributed by atoms with Crippen molar-refractivity contribution in [2.24, 2.45) is 0 Å². The summed E-state index contributed by atoms with van der Waals surface area (Å²) in [5.41, 5.74) is 1.25. The third-order valence-corrected chi connectivity index (χ3v) is 5.03. The first-order valence-electron chi connectivity index (χ1n) is 8.37. The highest BCUT2D eigenvalue weighted by molar-refractivity contribution is 9.10. The van der Waals surface area contributed by atoms with Crippen molar-refractivity contribution in [2.75, 3.05) is 5.32 Å². The summed E-state index contributed by atoms with van der Waals surface area (Å²) in [4.78, 5) is 0. The molecule has 0 aromatic heterocycles. The first-order valence-corrected chi connectivity index (χ1v) is 9.16. The van der Waals surface area contributed by atoms with Gasteiger partial charge in [-0.2, -0.15) is 0 Å². The quantitative estimate of drug-likeness (QED) is 0.646. The fraction of sp³-hybridized carbons (Fsp3) is 0.667. The van der Waals surface area contributed by atoms with Crippen molar-refractivity contribution < 1.29 is 0 Å². The maximum absolute atomic E-state index is 3.75. The van der Waals surface area contributed by atoms with Crippen LogP contribution >= 0.6 is 15.9 Å². The lowest BCUT2D eigenvalue weighted by molar-refractivity contribution is 0.480. The number of anilines is 1. The van der Waals surface area contributed by atoms with Crippen LogP contribution in [-0.2, 0) is 0 Å². The molecule has 0 saturated heterocycles. The molecule has 1 nitrogen and oxygen atoms in total. The smallest absolute Gasteiger partial charge is 0.0486 e. The molecule has 1 aliphatic rings. The van der Waals surface area contributed by atoms with E-state index in [0.717, 1.165) is 0 Å². The summed E-state index contributed by atoms with van der Waals surface area (Å²) in [6.07, 6.45) is 15.4. The number of para-hydroxylation sites is 1. The Hall–Kier alpha value is -0.500. The number of hydrogen-bond acceptors (Lipinski definition) is 1. The van der Waals surface area contributed by atoms with Crippen LogP contribution in [0.3, 0.4) is 0 Å². The highest BCUT2D eigenvalue weighted by atomic mass is 79.9. The number of halogens is 1. The minimum absolute atomic E-state index is 0.646. The van der Waals surface area contributed by atoms with Crippen molar-refractivity contribution in [3.05, 3.63) is 28.7 Å². The molecular weight excluding hydrogens is 310 g/mol. The zero-order chi connectivity index (χ0) is 14.0. The van der Waals surface area contributed by atoms with Crippen LogP contribution in [0.2, 0.25) is 0 Å². The Morgan fingerprint density at radius 1 is 0.750 bits per heavy atom. The molecule has 1 aliphatic carbocycles. The van der Waals surface area contributed by atoms with Gasteiger partial charge in [0.15, 0.2) is 0 Å². The Bertz CT molecular complexity index is 365. The average Bonchev–Trinajstić information content (AvgIpc) is 2.44. The molecule has 1 fully saturated rings. The lowest BCUT2D eigenvalue weighted by atomic mass is 9.98. The van der Waals surface area contributed by atoms with Gasteiger partial charge in [0.05, 0.1) is 0 Å². The highest BCUT2D eigenvalue weighted by Gasteiger charge is 2.10. The second-order valence-corrected chi connectivity index (χ2v) is 6.93. The van der Waals surface area contributed by atoms with E-state index < -0.39 is 0 Å². The Morgan fingerprint density at radius 3 is 1.80 bits per heavy atom. The number of benzene rings is 1. The molecule has 0 heterocycles. The lowest BCUT2D eigenvalue weighted by Crippen LogP contribution is -2.19. The normalized spacial score (nSPS) is 19.9. The Kier molecular flexibility index (Phi) is 7.49. The van der Waals surface area contributed by atoms with Crippen molar-refractivity contribution in [3.8, 4) is 0 Å². The van der Waals surface area contributed by atoms with Crippen molar-refractivity contribution in [2.45, 2.75) is 76.7 Å². The van der Waals surface area contributed by atoms with E-state index in [4.69, 9.17) is 0 Å². The molecule has 0 radical (unpaired) electrons. The molecule has 112 valence electrons. The van der Waals surface area contributed by atoms with E-state index in [1.807, 2.05) is 0 Å². The molecule has 1 saturated carbocycles. The van der Waals surface area contributed by atoms with Gasteiger partial charge in [0.25, 0.3) is 0 Å². The van der Waals surface area contributed by atoms with Gasteiger partial charge in [-0.05, 0) is 40.9 Å². The van der Waals surface area contributed by atoms with Crippen LogP contribution in [0.15, 0.2) is 28.7 Å². The van der Waals surface area contributed by atoms with Crippen LogP contribution in [0.5, 0.6) is 0 Å². The molecule has 0 atom stereocenters. The number of rotatable bonds is 2. The van der Waals surface area contributed by atoms with E-state index in [1.165, 1.54) is 80.8 Å². The second kappa shape index (κ2) is 9.44. The van der Waals surface area contributed by atoms with Gasteiger partial charge in [-0.3, -0.25) is 0 Å². The van der Waals surface area contributed by atoms with Crippen LogP contribution in [0.4, 0.5) is 5.69 Å². The second-order valence-electron chi connectivity index (χ2n) is 6.08. The molecule has 0 bridgehead atoms. The zero-order valence-corrected chi connectivity index (χ0v) is 14.1. The fourth-order valence-electron chi connectivity index (χ4n) is 3.11. The Morgan fingerprint density at radius 2 is 1.25 bits per heavy atom. The van der Waals surface area contributed by atoms with Gasteiger partial charge in [-0.25, -0.2) is 0 Å². The summed E-state index contributed by atoms with van der Waals surface area (Å²) in [6, 6.07) is 9.14. The summed E-state index contributed by atoms with van der Waals surface area (Å²) in [5, 5.41) is 3.75. The molecule has 0 spiro atoms. The van der Waals surface area contributed by atoms with Crippen molar-refractivity contribution in [1.29, 1.82) is 0 Å². The maximum atomic E-state index is 3.75. The molecular formula is C18H28BrN. The zero-order valence-electron chi connectivity index (χ0n) is 12.5. The van der Waals surface area contributed by atoms with Crippen molar-refractivity contribution in [1.82, 2.24) is 0 Å². The SMILES string of the molecule is Brc1ccccc1NC1CCCCCCCCCCC1. The minimum atomic E-state index is 0.646. The molecule has 20 heavy (non-hydrogen) atoms. The van der Waals surface area contributed by atoms with E-state index in [2.05, 4.69) is 45.5 Å². The lowest BCUT2D eigenvalue weighted by Gasteiger charge is -2.21. The van der Waals surface area contributed by atoms with E-state index in [0.29, 0.717) is 6.04 Å². The summed E-state index contributed by atoms with van der Waals surface area (Å²) in [5.74, 6) is 0. The summed E-state index contributed by atoms with van der Waals surface area (Å²) in [6.45, 7) is 0. The first kappa shape index (κ1) is 15.9. The molecule has 1 aromatic rings. The molecule has 2 heteroatoms. The predicted molar refractivity (Wildman–Crippen MR) is 92.3 cm³/mol. The van der Waals surface area contributed by atoms with Gasteiger partial charge in [0.1, 0.15) is 0 Å². The molecule has 0 unspecified atom stereocenters. The van der Waals surface area contributed by atoms with Crippen LogP contribution in [-0.4, -0.2) is 6.04 Å². The standard InChI is InChI=1S/C18H28BrN/c19-17-14-10-11-15-18(17)20-16-12-8-6-4-2-1-3-5-7-9-13-16/h10-11,14-16,20H,1-9,12-13H2. The van der Waals surface area contributed by atoms with Crippen LogP contribution in [0.1, 0.15) is 70.6 Å². The fourth-order valence-corrected chi connectivity index (χ4v) is 3.51. The van der Waals surface area contributed by atoms with Gasteiger partial charge in [0.2, 0.25) is 0 Å². The van der Waals surface area contributed by atoms with Gasteiger partial charge in [0, 0.05) is 16.2 Å². The van der Waals surface area contributed by atoms with Crippen LogP contribution in [0, 0.1) is 0 Å². The minimum Gasteiger partial charge on any atom is -0.381 e. The molecule has 1 aromatic carbocycles. The molecule has 0 aliphatic heterocycles. The van der Waals surface area contributed by atoms with E-state index in [9.17, 15) is 0 Å². The van der Waals surface area contributed by atoms with Gasteiger partial charge in [-0.1, -0.05) is 69.9 Å². The Labute approximate surface area is 132 Å². The molecule has 0 amide bonds. The van der Waals surface area contributed by atoms with Crippen LogP contribution in [0.25, 0.3) is 0 Å². The topological polar surface area (TPSA) is 12.0 Å². The molecule has 1 N–H and O–H groups in total. The number of nitrogens with one attached hydrogen (secondary N) is 1. The van der Waals surface area contributed by atoms with Gasteiger partial charge in [-0.15, -0.1) is 0 Å². The van der Waals surface area contributed by atoms with Crippen molar-refractivity contribution in [3.63, 3.8) is 0 Å². The summed E-state index contributed by atoms with van der Waals surface area (Å²) < 4.78 is 1.19. The largest absolute Gasteiger partial charge is 0.381 e. The van der Waals surface area contributed by atoms with E-state index in [-0.39, 0.29) is 0 Å². The maximum Gasteiger partial charge on any atom is 0.0486 e. The predicted octanol–water partition coefficient (Wildman–Crippen LogP) is 6.53. The third kappa shape index (κ3) is 5.87. The Balaban J connectivity index is 1.87. The highest BCUT2D eigenvalue weighted by Crippen LogP contribution is 2.25. The summed E-state index contributed by atoms with van der Waals surface area (Å²) >= 11 is 3.65. The average molecular weight is 338 g/mol. The van der Waals surface area contributed by atoms with Gasteiger partial charge >= 0.3 is 0 Å². The van der Waals surface area contributed by atoms with Gasteiger partial charge < -0.3 is 5.32 Å². The first-order chi connectivity index (χ1) is 9.86. The monoisotopic (exact) mass is 337 g/mol.